The first-order chi connectivity index (χ1) is 7.33. The van der Waals surface area contributed by atoms with Crippen LogP contribution in [0.5, 0.6) is 0 Å². The minimum absolute atomic E-state index is 0.0642. The Kier molecular flexibility index (Phi) is 2.75. The monoisotopic (exact) mass is 226 g/mol. The summed E-state index contributed by atoms with van der Waals surface area (Å²) in [7, 11) is 0. The Hall–Kier alpha value is -0.610. The number of hydrogen-bond acceptors (Lipinski definition) is 3. The predicted octanol–water partition coefficient (Wildman–Crippen LogP) is 0.500. The van der Waals surface area contributed by atoms with E-state index in [1.807, 2.05) is 13.8 Å². The molecule has 92 valence electrons. The Bertz CT molecular complexity index is 298. The zero-order chi connectivity index (χ0) is 12.0. The van der Waals surface area contributed by atoms with Gasteiger partial charge in [-0.2, -0.15) is 0 Å². The number of nitrogens with zero attached hydrogens (tertiary/aromatic N) is 1. The number of hydrogen-bond donors (Lipinski definition) is 2. The van der Waals surface area contributed by atoms with Crippen molar-refractivity contribution in [2.45, 2.75) is 57.2 Å². The summed E-state index contributed by atoms with van der Waals surface area (Å²) in [5.41, 5.74) is -0.754. The smallest absolute Gasteiger partial charge is 0.221 e. The van der Waals surface area contributed by atoms with Gasteiger partial charge in [-0.25, -0.2) is 0 Å². The fourth-order valence-corrected chi connectivity index (χ4v) is 3.20. The summed E-state index contributed by atoms with van der Waals surface area (Å²) < 4.78 is 0. The lowest BCUT2D eigenvalue weighted by Crippen LogP contribution is -2.53. The third-order valence-corrected chi connectivity index (χ3v) is 4.06. The van der Waals surface area contributed by atoms with Crippen molar-refractivity contribution in [3.8, 4) is 0 Å². The molecule has 2 N–H and O–H groups in total. The van der Waals surface area contributed by atoms with E-state index in [0.29, 0.717) is 13.0 Å². The summed E-state index contributed by atoms with van der Waals surface area (Å²) >= 11 is 0. The van der Waals surface area contributed by atoms with Crippen molar-refractivity contribution in [3.05, 3.63) is 0 Å². The molecule has 0 aromatic rings. The van der Waals surface area contributed by atoms with Crippen LogP contribution in [0.1, 0.15) is 40.0 Å². The topological polar surface area (TPSA) is 52.6 Å². The lowest BCUT2D eigenvalue weighted by atomic mass is 9.94. The van der Waals surface area contributed by atoms with Crippen molar-refractivity contribution in [2.24, 2.45) is 0 Å². The maximum Gasteiger partial charge on any atom is 0.221 e. The van der Waals surface area contributed by atoms with Gasteiger partial charge in [0.25, 0.3) is 0 Å². The first-order valence-corrected chi connectivity index (χ1v) is 6.09. The number of carbonyl (C=O) groups is 1. The maximum absolute atomic E-state index is 11.6. The van der Waals surface area contributed by atoms with Crippen LogP contribution in [0.2, 0.25) is 0 Å². The Labute approximate surface area is 97.0 Å². The summed E-state index contributed by atoms with van der Waals surface area (Å²) in [5.74, 6) is 0.140. The van der Waals surface area contributed by atoms with Crippen molar-refractivity contribution in [1.29, 1.82) is 0 Å². The van der Waals surface area contributed by atoms with E-state index in [1.165, 1.54) is 0 Å². The summed E-state index contributed by atoms with van der Waals surface area (Å²) in [5, 5.41) is 13.1. The average Bonchev–Trinajstić information content (AvgIpc) is 2.35. The molecule has 2 aliphatic heterocycles. The number of fused-ring (bicyclic) bond motifs is 1. The van der Waals surface area contributed by atoms with Gasteiger partial charge in [-0.15, -0.1) is 0 Å². The minimum Gasteiger partial charge on any atom is -0.389 e. The molecule has 2 fully saturated rings. The molecule has 0 radical (unpaired) electrons. The summed E-state index contributed by atoms with van der Waals surface area (Å²) in [6.45, 7) is 7.41. The first kappa shape index (κ1) is 11.9. The lowest BCUT2D eigenvalue weighted by molar-refractivity contribution is -0.122. The Morgan fingerprint density at radius 1 is 1.56 bits per heavy atom. The van der Waals surface area contributed by atoms with Gasteiger partial charge in [-0.05, 0) is 33.6 Å². The molecular formula is C12H22N2O2. The second kappa shape index (κ2) is 3.70. The number of carbonyl (C=O) groups excluding carboxylic acids is 1. The van der Waals surface area contributed by atoms with Gasteiger partial charge in [-0.1, -0.05) is 0 Å². The Morgan fingerprint density at radius 3 is 2.88 bits per heavy atom. The molecule has 0 aliphatic carbocycles. The molecule has 0 bridgehead atoms. The van der Waals surface area contributed by atoms with Gasteiger partial charge < -0.3 is 10.4 Å². The van der Waals surface area contributed by atoms with Crippen molar-refractivity contribution < 1.29 is 9.90 Å². The van der Waals surface area contributed by atoms with E-state index >= 15 is 0 Å². The molecule has 4 nitrogen and oxygen atoms in total. The molecule has 0 saturated carbocycles. The van der Waals surface area contributed by atoms with E-state index in [0.717, 1.165) is 19.4 Å². The maximum atomic E-state index is 11.6. The number of aliphatic hydroxyl groups is 1. The highest BCUT2D eigenvalue weighted by Crippen LogP contribution is 2.40. The molecule has 0 spiro atoms. The highest BCUT2D eigenvalue weighted by molar-refractivity contribution is 5.77. The van der Waals surface area contributed by atoms with Crippen LogP contribution in [0.15, 0.2) is 0 Å². The van der Waals surface area contributed by atoms with Gasteiger partial charge in [0.1, 0.15) is 0 Å². The van der Waals surface area contributed by atoms with Crippen molar-refractivity contribution in [1.82, 2.24) is 10.2 Å². The van der Waals surface area contributed by atoms with Gasteiger partial charge in [0.05, 0.1) is 5.60 Å². The van der Waals surface area contributed by atoms with Crippen LogP contribution in [0, 0.1) is 0 Å². The highest BCUT2D eigenvalue weighted by atomic mass is 16.3. The zero-order valence-corrected chi connectivity index (χ0v) is 10.4. The second-order valence-electron chi connectivity index (χ2n) is 5.93. The van der Waals surface area contributed by atoms with Crippen molar-refractivity contribution in [2.75, 3.05) is 13.1 Å². The second-order valence-corrected chi connectivity index (χ2v) is 5.93. The SMILES string of the molecule is CC(C)(O)C1CCC2(C)CC(=O)NCCN12. The molecule has 2 aliphatic rings. The quantitative estimate of drug-likeness (QED) is 0.684. The third-order valence-electron chi connectivity index (χ3n) is 4.06. The van der Waals surface area contributed by atoms with Crippen LogP contribution in [0.4, 0.5) is 0 Å². The highest BCUT2D eigenvalue weighted by Gasteiger charge is 2.49. The van der Waals surface area contributed by atoms with Gasteiger partial charge in [0.15, 0.2) is 0 Å². The minimum atomic E-state index is -0.689. The number of amides is 1. The Balaban J connectivity index is 2.23. The standard InChI is InChI=1S/C12H22N2O2/c1-11(2,16)9-4-5-12(3)8-10(15)13-6-7-14(9)12/h9,16H,4-8H2,1-3H3,(H,13,15). The fraction of sp³-hybridized carbons (Fsp3) is 0.917. The van der Waals surface area contributed by atoms with Gasteiger partial charge in [0.2, 0.25) is 5.91 Å². The molecule has 16 heavy (non-hydrogen) atoms. The van der Waals surface area contributed by atoms with Gasteiger partial charge >= 0.3 is 0 Å². The molecule has 2 atom stereocenters. The molecule has 1 amide bonds. The summed E-state index contributed by atoms with van der Waals surface area (Å²) in [4.78, 5) is 13.9. The molecular weight excluding hydrogens is 204 g/mol. The average molecular weight is 226 g/mol. The zero-order valence-electron chi connectivity index (χ0n) is 10.4. The van der Waals surface area contributed by atoms with E-state index in [4.69, 9.17) is 0 Å². The fourth-order valence-electron chi connectivity index (χ4n) is 3.20. The lowest BCUT2D eigenvalue weighted by Gasteiger charge is -2.40. The van der Waals surface area contributed by atoms with Crippen molar-refractivity contribution in [3.63, 3.8) is 0 Å². The largest absolute Gasteiger partial charge is 0.389 e. The van der Waals surface area contributed by atoms with E-state index in [2.05, 4.69) is 17.1 Å². The summed E-state index contributed by atoms with van der Waals surface area (Å²) in [6, 6.07) is 0.171. The molecule has 2 heterocycles. The van der Waals surface area contributed by atoms with E-state index in [-0.39, 0.29) is 17.5 Å². The van der Waals surface area contributed by atoms with E-state index < -0.39 is 5.60 Å². The number of nitrogens with one attached hydrogen (secondary N) is 1. The van der Waals surface area contributed by atoms with Crippen molar-refractivity contribution >= 4 is 5.91 Å². The normalized spacial score (nSPS) is 36.8. The Morgan fingerprint density at radius 2 is 2.25 bits per heavy atom. The van der Waals surface area contributed by atoms with Crippen LogP contribution in [0.25, 0.3) is 0 Å². The molecule has 2 unspecified atom stereocenters. The van der Waals surface area contributed by atoms with Crippen LogP contribution >= 0.6 is 0 Å². The van der Waals surface area contributed by atoms with Crippen LogP contribution < -0.4 is 5.32 Å². The summed E-state index contributed by atoms with van der Waals surface area (Å²) in [6.07, 6.45) is 2.53. The van der Waals surface area contributed by atoms with E-state index in [9.17, 15) is 9.90 Å². The van der Waals surface area contributed by atoms with Gasteiger partial charge in [0, 0.05) is 31.1 Å². The molecule has 0 aromatic carbocycles. The van der Waals surface area contributed by atoms with Gasteiger partial charge in [-0.3, -0.25) is 9.69 Å². The third kappa shape index (κ3) is 1.96. The van der Waals surface area contributed by atoms with Crippen LogP contribution in [-0.4, -0.2) is 46.2 Å². The number of rotatable bonds is 1. The van der Waals surface area contributed by atoms with E-state index in [1.54, 1.807) is 0 Å². The molecule has 0 aromatic heterocycles. The predicted molar refractivity (Wildman–Crippen MR) is 62.1 cm³/mol. The van der Waals surface area contributed by atoms with Crippen LogP contribution in [-0.2, 0) is 4.79 Å². The molecule has 4 heteroatoms. The first-order valence-electron chi connectivity index (χ1n) is 6.09. The molecule has 2 rings (SSSR count). The van der Waals surface area contributed by atoms with Crippen LogP contribution in [0.3, 0.4) is 0 Å². The molecule has 2 saturated heterocycles.